The van der Waals surface area contributed by atoms with Crippen LogP contribution >= 0.6 is 24.9 Å². The summed E-state index contributed by atoms with van der Waals surface area (Å²) in [6.45, 7) is 6.72. The predicted octanol–water partition coefficient (Wildman–Crippen LogP) is 8.73. The van der Waals surface area contributed by atoms with Crippen LogP contribution in [-0.4, -0.2) is 12.3 Å². The van der Waals surface area contributed by atoms with Crippen molar-refractivity contribution in [3.05, 3.63) is 78.4 Å². The first-order valence-corrected chi connectivity index (χ1v) is 18.2. The third-order valence-corrected chi connectivity index (χ3v) is 7.68. The van der Waals surface area contributed by atoms with Crippen LogP contribution in [-0.2, 0) is 20.8 Å². The summed E-state index contributed by atoms with van der Waals surface area (Å²) in [6, 6.07) is 26.4. The van der Waals surface area contributed by atoms with Gasteiger partial charge in [-0.1, -0.05) is 53.7 Å². The topological polar surface area (TPSA) is 0 Å². The van der Waals surface area contributed by atoms with Crippen LogP contribution in [0.5, 0.6) is 0 Å². The molecular formula is C25H29Cl2PZr. The number of hydrogen-bond acceptors (Lipinski definition) is 0. The zero-order valence-corrected chi connectivity index (χ0v) is 22.3. The van der Waals surface area contributed by atoms with E-state index in [1.54, 1.807) is 5.30 Å². The van der Waals surface area contributed by atoms with Crippen LogP contribution in [0.25, 0.3) is 21.5 Å². The van der Waals surface area contributed by atoms with Crippen molar-refractivity contribution >= 4 is 51.8 Å². The molecule has 0 atom stereocenters. The van der Waals surface area contributed by atoms with E-state index in [0.29, 0.717) is 0 Å². The summed E-state index contributed by atoms with van der Waals surface area (Å²) in [5.41, 5.74) is 1.35. The summed E-state index contributed by atoms with van der Waals surface area (Å²) in [7, 11) is 9.96. The summed E-state index contributed by atoms with van der Waals surface area (Å²) >= 11 is -0.826. The minimum atomic E-state index is -0.826. The van der Waals surface area contributed by atoms with Gasteiger partial charge in [-0.2, -0.15) is 12.1 Å². The summed E-state index contributed by atoms with van der Waals surface area (Å²) in [4.78, 5) is 0. The summed E-state index contributed by atoms with van der Waals surface area (Å²) in [5, 5.41) is 7.13. The summed E-state index contributed by atoms with van der Waals surface area (Å²) in [6.07, 6.45) is 5.40. The molecule has 0 aliphatic heterocycles. The van der Waals surface area contributed by atoms with E-state index in [1.165, 1.54) is 52.3 Å². The average Bonchev–Trinajstić information content (AvgIpc) is 3.31. The van der Waals surface area contributed by atoms with Crippen molar-refractivity contribution in [2.45, 2.75) is 33.6 Å². The van der Waals surface area contributed by atoms with Gasteiger partial charge in [0, 0.05) is 0 Å². The Kier molecular flexibility index (Phi) is 11.8. The molecule has 4 aromatic rings. The van der Waals surface area contributed by atoms with E-state index in [9.17, 15) is 0 Å². The number of rotatable bonds is 5. The van der Waals surface area contributed by atoms with Crippen LogP contribution < -0.4 is 5.30 Å². The average molecular weight is 523 g/mol. The zero-order valence-electron chi connectivity index (χ0n) is 17.5. The Bertz CT molecular complexity index is 901. The molecule has 152 valence electrons. The van der Waals surface area contributed by atoms with Crippen LogP contribution in [0.4, 0.5) is 0 Å². The van der Waals surface area contributed by atoms with Crippen LogP contribution in [0.2, 0.25) is 0 Å². The van der Waals surface area contributed by atoms with Crippen LogP contribution in [0.1, 0.15) is 32.3 Å². The third kappa shape index (κ3) is 7.96. The van der Waals surface area contributed by atoms with Gasteiger partial charge in [0.2, 0.25) is 0 Å². The Labute approximate surface area is 195 Å². The van der Waals surface area contributed by atoms with Gasteiger partial charge < -0.3 is 0 Å². The molecule has 29 heavy (non-hydrogen) atoms. The third-order valence-electron chi connectivity index (χ3n) is 4.72. The van der Waals surface area contributed by atoms with Crippen LogP contribution in [0.15, 0.2) is 72.8 Å². The van der Waals surface area contributed by atoms with E-state index >= 15 is 0 Å². The van der Waals surface area contributed by atoms with Crippen molar-refractivity contribution in [3.8, 4) is 0 Å². The standard InChI is InChI=1S/C15H20P.C10H9.2ClH.Zr/c1-3-9-16(10-4-2)15-11-13-7-5-6-8-14(13)12-15;1-8-6-9-4-2-3-5-10(9)7-8;;;/h5-8,11-12H,3-4,9-10H2,1-2H3;2-7H,1H3;2*1H;/q2*-1;;;+4/p-2. The number of aryl methyl sites for hydroxylation is 1. The monoisotopic (exact) mass is 520 g/mol. The van der Waals surface area contributed by atoms with Gasteiger partial charge in [-0.05, 0) is 12.3 Å². The van der Waals surface area contributed by atoms with E-state index in [4.69, 9.17) is 17.0 Å². The number of hydrogen-bond donors (Lipinski definition) is 0. The molecule has 0 bridgehead atoms. The molecule has 0 aromatic heterocycles. The molecule has 0 nitrogen and oxygen atoms in total. The van der Waals surface area contributed by atoms with Gasteiger partial charge in [-0.25, -0.2) is 0 Å². The van der Waals surface area contributed by atoms with E-state index in [1.807, 2.05) is 0 Å². The second kappa shape index (κ2) is 13.8. The fourth-order valence-electron chi connectivity index (χ4n) is 3.53. The Hall–Kier alpha value is -0.447. The normalized spacial score (nSPS) is 10.3. The molecule has 0 heterocycles. The predicted molar refractivity (Wildman–Crippen MR) is 132 cm³/mol. The Morgan fingerprint density at radius 1 is 0.793 bits per heavy atom. The molecular weight excluding hydrogens is 493 g/mol. The van der Waals surface area contributed by atoms with Crippen molar-refractivity contribution in [2.24, 2.45) is 0 Å². The van der Waals surface area contributed by atoms with Gasteiger partial charge in [-0.3, -0.25) is 0 Å². The fraction of sp³-hybridized carbons (Fsp3) is 0.280. The van der Waals surface area contributed by atoms with Gasteiger partial charge in [0.05, 0.1) is 0 Å². The zero-order chi connectivity index (χ0) is 21.1. The molecule has 0 saturated carbocycles. The molecule has 4 heteroatoms. The van der Waals surface area contributed by atoms with Crippen molar-refractivity contribution in [1.82, 2.24) is 0 Å². The quantitative estimate of drug-likeness (QED) is 0.182. The van der Waals surface area contributed by atoms with Gasteiger partial charge in [0.15, 0.2) is 0 Å². The molecule has 0 unspecified atom stereocenters. The SMILES string of the molecule is CCCP(CCC)c1cc2ccccc2[cH-]1.Cc1cc2ccccc2[cH-]1.[Cl][Zr+2][Cl]. The molecule has 0 fully saturated rings. The number of benzene rings is 2. The maximum absolute atomic E-state index is 4.93. The van der Waals surface area contributed by atoms with E-state index in [-0.39, 0.29) is 7.92 Å². The van der Waals surface area contributed by atoms with Gasteiger partial charge >= 0.3 is 37.9 Å². The number of halogens is 2. The molecule has 4 rings (SSSR count). The van der Waals surface area contributed by atoms with E-state index in [2.05, 4.69) is 93.6 Å². The second-order valence-corrected chi connectivity index (χ2v) is 13.3. The first-order chi connectivity index (χ1) is 14.1. The Morgan fingerprint density at radius 2 is 1.28 bits per heavy atom. The second-order valence-electron chi connectivity index (χ2n) is 7.06. The molecule has 0 aliphatic carbocycles. The first kappa shape index (κ1) is 24.8. The molecule has 0 spiro atoms. The summed E-state index contributed by atoms with van der Waals surface area (Å²) < 4.78 is 0. The van der Waals surface area contributed by atoms with Crippen molar-refractivity contribution in [1.29, 1.82) is 0 Å². The van der Waals surface area contributed by atoms with E-state index < -0.39 is 20.8 Å². The van der Waals surface area contributed by atoms with E-state index in [0.717, 1.165) is 0 Å². The molecule has 0 saturated heterocycles. The Balaban J connectivity index is 0.000000196. The van der Waals surface area contributed by atoms with Crippen molar-refractivity contribution in [2.75, 3.05) is 12.3 Å². The molecule has 0 aliphatic rings. The van der Waals surface area contributed by atoms with Crippen molar-refractivity contribution in [3.63, 3.8) is 0 Å². The first-order valence-electron chi connectivity index (χ1n) is 10.1. The van der Waals surface area contributed by atoms with Gasteiger partial charge in [0.25, 0.3) is 0 Å². The van der Waals surface area contributed by atoms with Gasteiger partial charge in [0.1, 0.15) is 0 Å². The summed E-state index contributed by atoms with van der Waals surface area (Å²) in [5.74, 6) is 0. The molecule has 0 radical (unpaired) electrons. The van der Waals surface area contributed by atoms with Crippen LogP contribution in [0.3, 0.4) is 0 Å². The molecule has 0 amide bonds. The fourth-order valence-corrected chi connectivity index (χ4v) is 6.00. The van der Waals surface area contributed by atoms with Crippen molar-refractivity contribution < 1.29 is 20.8 Å². The maximum atomic E-state index is 4.93. The Morgan fingerprint density at radius 3 is 1.76 bits per heavy atom. The molecule has 4 aromatic carbocycles. The van der Waals surface area contributed by atoms with Crippen LogP contribution in [0, 0.1) is 6.92 Å². The number of fused-ring (bicyclic) bond motifs is 2. The minimum absolute atomic E-state index is 0.0972. The molecule has 0 N–H and O–H groups in total. The van der Waals surface area contributed by atoms with Gasteiger partial charge in [-0.15, -0.1) is 80.9 Å².